The number of carbonyl (C=O) groups is 2. The van der Waals surface area contributed by atoms with Crippen molar-refractivity contribution in [3.8, 4) is 0 Å². The Morgan fingerprint density at radius 2 is 1.67 bits per heavy atom. The fourth-order valence-electron chi connectivity index (χ4n) is 4.60. The molecule has 1 saturated heterocycles. The van der Waals surface area contributed by atoms with Gasteiger partial charge in [0.15, 0.2) is 0 Å². The molecule has 4 rings (SSSR count). The minimum atomic E-state index is -0.333. The third kappa shape index (κ3) is 3.46. The summed E-state index contributed by atoms with van der Waals surface area (Å²) in [6.45, 7) is 1.06. The second-order valence-corrected chi connectivity index (χ2v) is 7.67. The van der Waals surface area contributed by atoms with Crippen LogP contribution < -0.4 is 5.32 Å². The molecule has 4 nitrogen and oxygen atoms in total. The van der Waals surface area contributed by atoms with Crippen molar-refractivity contribution in [3.63, 3.8) is 0 Å². The highest BCUT2D eigenvalue weighted by molar-refractivity contribution is 5.97. The van der Waals surface area contributed by atoms with E-state index in [9.17, 15) is 14.0 Å². The number of benzene rings is 2. The Balaban J connectivity index is 1.54. The fraction of sp³-hybridized carbons (Fsp3) is 0.364. The van der Waals surface area contributed by atoms with Crippen LogP contribution in [0.2, 0.25) is 0 Å². The molecule has 1 atom stereocenters. The molecule has 1 spiro atoms. The van der Waals surface area contributed by atoms with Crippen LogP contribution in [0.25, 0.3) is 0 Å². The van der Waals surface area contributed by atoms with E-state index in [1.165, 1.54) is 12.1 Å². The van der Waals surface area contributed by atoms with Crippen molar-refractivity contribution >= 4 is 17.5 Å². The standard InChI is InChI=1S/C22H23FN2O2/c23-17-8-10-18(11-9-17)24-20(26)19-14-25(15-22(19)12-4-5-13-22)21(27)16-6-2-1-3-7-16/h1-3,6-11,19H,4-5,12-15H2,(H,24,26). The van der Waals surface area contributed by atoms with E-state index < -0.39 is 0 Å². The van der Waals surface area contributed by atoms with Crippen molar-refractivity contribution in [2.24, 2.45) is 11.3 Å². The zero-order valence-corrected chi connectivity index (χ0v) is 15.2. The highest BCUT2D eigenvalue weighted by atomic mass is 19.1. The maximum Gasteiger partial charge on any atom is 0.253 e. The van der Waals surface area contributed by atoms with E-state index in [2.05, 4.69) is 5.32 Å². The van der Waals surface area contributed by atoms with E-state index in [1.807, 2.05) is 35.2 Å². The number of hydrogen-bond acceptors (Lipinski definition) is 2. The van der Waals surface area contributed by atoms with Gasteiger partial charge in [0.2, 0.25) is 5.91 Å². The van der Waals surface area contributed by atoms with Crippen LogP contribution in [0.5, 0.6) is 0 Å². The van der Waals surface area contributed by atoms with Crippen molar-refractivity contribution < 1.29 is 14.0 Å². The third-order valence-electron chi connectivity index (χ3n) is 5.98. The predicted molar refractivity (Wildman–Crippen MR) is 102 cm³/mol. The van der Waals surface area contributed by atoms with Crippen LogP contribution in [0.3, 0.4) is 0 Å². The Hall–Kier alpha value is -2.69. The summed E-state index contributed by atoms with van der Waals surface area (Å²) in [6, 6.07) is 15.0. The Bertz CT molecular complexity index is 829. The molecule has 2 aromatic carbocycles. The average molecular weight is 366 g/mol. The molecule has 1 N–H and O–H groups in total. The topological polar surface area (TPSA) is 49.4 Å². The second kappa shape index (κ2) is 7.14. The van der Waals surface area contributed by atoms with E-state index in [0.717, 1.165) is 25.7 Å². The molecular weight excluding hydrogens is 343 g/mol. The van der Waals surface area contributed by atoms with Crippen LogP contribution in [0, 0.1) is 17.2 Å². The summed E-state index contributed by atoms with van der Waals surface area (Å²) in [6.07, 6.45) is 4.11. The largest absolute Gasteiger partial charge is 0.337 e. The van der Waals surface area contributed by atoms with Gasteiger partial charge in [-0.05, 0) is 49.2 Å². The first-order chi connectivity index (χ1) is 13.1. The van der Waals surface area contributed by atoms with Gasteiger partial charge in [0, 0.05) is 29.8 Å². The first-order valence-electron chi connectivity index (χ1n) is 9.48. The molecule has 2 aromatic rings. The van der Waals surface area contributed by atoms with Gasteiger partial charge in [0.1, 0.15) is 5.82 Å². The summed E-state index contributed by atoms with van der Waals surface area (Å²) in [7, 11) is 0. The lowest BCUT2D eigenvalue weighted by Crippen LogP contribution is -2.36. The summed E-state index contributed by atoms with van der Waals surface area (Å²) in [5.41, 5.74) is 1.10. The van der Waals surface area contributed by atoms with Crippen LogP contribution in [-0.2, 0) is 4.79 Å². The zero-order valence-electron chi connectivity index (χ0n) is 15.2. The number of halogens is 1. The van der Waals surface area contributed by atoms with Crippen LogP contribution in [0.4, 0.5) is 10.1 Å². The lowest BCUT2D eigenvalue weighted by atomic mass is 9.76. The Labute approximate surface area is 158 Å². The number of amides is 2. The summed E-state index contributed by atoms with van der Waals surface area (Å²) < 4.78 is 13.1. The van der Waals surface area contributed by atoms with Crippen molar-refractivity contribution in [2.45, 2.75) is 25.7 Å². The molecule has 5 heteroatoms. The molecule has 27 heavy (non-hydrogen) atoms. The Morgan fingerprint density at radius 3 is 2.33 bits per heavy atom. The predicted octanol–water partition coefficient (Wildman–Crippen LogP) is 4.10. The molecule has 0 bridgehead atoms. The maximum atomic E-state index is 13.1. The molecule has 2 fully saturated rings. The molecule has 2 aliphatic rings. The normalized spacial score (nSPS) is 20.8. The lowest BCUT2D eigenvalue weighted by molar-refractivity contribution is -0.122. The summed E-state index contributed by atoms with van der Waals surface area (Å²) >= 11 is 0. The first kappa shape index (κ1) is 17.7. The van der Waals surface area contributed by atoms with Gasteiger partial charge in [0.05, 0.1) is 5.92 Å². The van der Waals surface area contributed by atoms with Crippen molar-refractivity contribution in [3.05, 3.63) is 66.0 Å². The van der Waals surface area contributed by atoms with Crippen molar-refractivity contribution in [1.29, 1.82) is 0 Å². The van der Waals surface area contributed by atoms with E-state index >= 15 is 0 Å². The van der Waals surface area contributed by atoms with Crippen LogP contribution in [0.1, 0.15) is 36.0 Å². The average Bonchev–Trinajstić information content (AvgIpc) is 3.31. The van der Waals surface area contributed by atoms with Crippen molar-refractivity contribution in [2.75, 3.05) is 18.4 Å². The molecule has 1 heterocycles. The highest BCUT2D eigenvalue weighted by Crippen LogP contribution is 2.49. The van der Waals surface area contributed by atoms with Crippen LogP contribution in [-0.4, -0.2) is 29.8 Å². The van der Waals surface area contributed by atoms with Gasteiger partial charge in [-0.3, -0.25) is 9.59 Å². The molecule has 1 saturated carbocycles. The van der Waals surface area contributed by atoms with Gasteiger partial charge >= 0.3 is 0 Å². The third-order valence-corrected chi connectivity index (χ3v) is 5.98. The number of likely N-dealkylation sites (tertiary alicyclic amines) is 1. The van der Waals surface area contributed by atoms with Crippen LogP contribution >= 0.6 is 0 Å². The molecule has 0 aromatic heterocycles. The first-order valence-corrected chi connectivity index (χ1v) is 9.48. The van der Waals surface area contributed by atoms with E-state index in [1.54, 1.807) is 12.1 Å². The Kier molecular flexibility index (Phi) is 4.68. The summed E-state index contributed by atoms with van der Waals surface area (Å²) in [4.78, 5) is 27.8. The van der Waals surface area contributed by atoms with Gasteiger partial charge in [-0.2, -0.15) is 0 Å². The number of hydrogen-bond donors (Lipinski definition) is 1. The molecule has 1 aliphatic heterocycles. The number of nitrogens with one attached hydrogen (secondary N) is 1. The molecule has 140 valence electrons. The molecule has 2 amide bonds. The number of nitrogens with zero attached hydrogens (tertiary/aromatic N) is 1. The number of carbonyl (C=O) groups excluding carboxylic acids is 2. The van der Waals surface area contributed by atoms with E-state index in [-0.39, 0.29) is 29.0 Å². The van der Waals surface area contributed by atoms with Gasteiger partial charge < -0.3 is 10.2 Å². The number of anilines is 1. The SMILES string of the molecule is O=C(Nc1ccc(F)cc1)C1CN(C(=O)c2ccccc2)CC12CCCC2. The maximum absolute atomic E-state index is 13.1. The van der Waals surface area contributed by atoms with Crippen LogP contribution in [0.15, 0.2) is 54.6 Å². The lowest BCUT2D eigenvalue weighted by Gasteiger charge is -2.28. The molecule has 1 aliphatic carbocycles. The minimum Gasteiger partial charge on any atom is -0.337 e. The monoisotopic (exact) mass is 366 g/mol. The second-order valence-electron chi connectivity index (χ2n) is 7.67. The summed E-state index contributed by atoms with van der Waals surface area (Å²) in [5.74, 6) is -0.663. The van der Waals surface area contributed by atoms with Gasteiger partial charge in [-0.15, -0.1) is 0 Å². The van der Waals surface area contributed by atoms with Gasteiger partial charge in [-0.25, -0.2) is 4.39 Å². The smallest absolute Gasteiger partial charge is 0.253 e. The molecule has 0 radical (unpaired) electrons. The van der Waals surface area contributed by atoms with Crippen molar-refractivity contribution in [1.82, 2.24) is 4.90 Å². The minimum absolute atomic E-state index is 0.0149. The van der Waals surface area contributed by atoms with Gasteiger partial charge in [-0.1, -0.05) is 31.0 Å². The number of rotatable bonds is 3. The van der Waals surface area contributed by atoms with E-state index in [4.69, 9.17) is 0 Å². The zero-order chi connectivity index (χ0) is 18.9. The Morgan fingerprint density at radius 1 is 1.00 bits per heavy atom. The molecular formula is C22H23FN2O2. The van der Waals surface area contributed by atoms with E-state index in [0.29, 0.717) is 24.3 Å². The quantitative estimate of drug-likeness (QED) is 0.889. The van der Waals surface area contributed by atoms with Gasteiger partial charge in [0.25, 0.3) is 5.91 Å². The fourth-order valence-corrected chi connectivity index (χ4v) is 4.60. The summed E-state index contributed by atoms with van der Waals surface area (Å²) in [5, 5.41) is 2.92. The highest BCUT2D eigenvalue weighted by Gasteiger charge is 2.52. The molecule has 1 unspecified atom stereocenters.